The molecule has 1 amide bonds. The van der Waals surface area contributed by atoms with E-state index >= 15 is 0 Å². The smallest absolute Gasteiger partial charge is 0.410 e. The number of halogens is 1. The Morgan fingerprint density at radius 3 is 2.36 bits per heavy atom. The number of amides is 1. The Hall–Kier alpha value is -1.49. The van der Waals surface area contributed by atoms with Gasteiger partial charge in [0, 0.05) is 18.6 Å². The molecule has 0 spiro atoms. The first-order valence-electron chi connectivity index (χ1n) is 7.35. The van der Waals surface area contributed by atoms with Gasteiger partial charge in [0.25, 0.3) is 0 Å². The van der Waals surface area contributed by atoms with Crippen LogP contribution in [-0.2, 0) is 4.74 Å². The lowest BCUT2D eigenvalue weighted by Crippen LogP contribution is -2.49. The maximum absolute atomic E-state index is 12.3. The molecule has 1 aromatic rings. The molecule has 1 rings (SSSR count). The van der Waals surface area contributed by atoms with Crippen LogP contribution in [0.25, 0.3) is 0 Å². The Labute approximate surface area is 138 Å². The lowest BCUT2D eigenvalue weighted by Gasteiger charge is -2.37. The van der Waals surface area contributed by atoms with Gasteiger partial charge in [-0.25, -0.2) is 9.78 Å². The van der Waals surface area contributed by atoms with Gasteiger partial charge in [0.15, 0.2) is 0 Å². The van der Waals surface area contributed by atoms with E-state index in [1.807, 2.05) is 47.6 Å². The molecule has 0 unspecified atom stereocenters. The molecule has 1 aromatic heterocycles. The SMILES string of the molecule is CC(C)(C)OC(=O)N(CCNc1ccc(Cl)nc1)C(C)(C)C. The summed E-state index contributed by atoms with van der Waals surface area (Å²) in [5.41, 5.74) is 0.0403. The maximum atomic E-state index is 12.3. The topological polar surface area (TPSA) is 54.5 Å². The van der Waals surface area contributed by atoms with E-state index in [4.69, 9.17) is 16.3 Å². The predicted octanol–water partition coefficient (Wildman–Crippen LogP) is 4.18. The van der Waals surface area contributed by atoms with Crippen molar-refractivity contribution in [3.8, 4) is 0 Å². The van der Waals surface area contributed by atoms with Crippen molar-refractivity contribution < 1.29 is 9.53 Å². The number of hydrogen-bond donors (Lipinski definition) is 1. The molecule has 0 aliphatic carbocycles. The molecule has 124 valence electrons. The van der Waals surface area contributed by atoms with Crippen molar-refractivity contribution >= 4 is 23.4 Å². The van der Waals surface area contributed by atoms with Gasteiger partial charge in [-0.2, -0.15) is 0 Å². The second kappa shape index (κ2) is 7.18. The van der Waals surface area contributed by atoms with Gasteiger partial charge in [-0.15, -0.1) is 0 Å². The Balaban J connectivity index is 2.62. The van der Waals surface area contributed by atoms with Gasteiger partial charge in [-0.05, 0) is 53.7 Å². The lowest BCUT2D eigenvalue weighted by atomic mass is 10.1. The van der Waals surface area contributed by atoms with Gasteiger partial charge in [-0.1, -0.05) is 11.6 Å². The molecule has 0 saturated heterocycles. The van der Waals surface area contributed by atoms with Crippen molar-refractivity contribution in [2.45, 2.75) is 52.7 Å². The molecule has 0 aliphatic rings. The molecule has 0 radical (unpaired) electrons. The Bertz CT molecular complexity index is 490. The summed E-state index contributed by atoms with van der Waals surface area (Å²) in [4.78, 5) is 18.1. The fraction of sp³-hybridized carbons (Fsp3) is 0.625. The van der Waals surface area contributed by atoms with Gasteiger partial charge in [0.05, 0.1) is 11.9 Å². The summed E-state index contributed by atoms with van der Waals surface area (Å²) in [5.74, 6) is 0. The molecule has 0 bridgehead atoms. The average molecular weight is 328 g/mol. The lowest BCUT2D eigenvalue weighted by molar-refractivity contribution is 0.00749. The summed E-state index contributed by atoms with van der Waals surface area (Å²) in [6, 6.07) is 3.57. The third-order valence-corrected chi connectivity index (χ3v) is 3.04. The average Bonchev–Trinajstić information content (AvgIpc) is 2.32. The second-order valence-electron chi connectivity index (χ2n) is 7.10. The van der Waals surface area contributed by atoms with Crippen LogP contribution in [0.4, 0.5) is 10.5 Å². The van der Waals surface area contributed by atoms with E-state index in [-0.39, 0.29) is 11.6 Å². The number of pyridine rings is 1. The van der Waals surface area contributed by atoms with Crippen molar-refractivity contribution in [3.63, 3.8) is 0 Å². The first kappa shape index (κ1) is 18.6. The molecule has 6 heteroatoms. The van der Waals surface area contributed by atoms with E-state index in [0.29, 0.717) is 18.2 Å². The third kappa shape index (κ3) is 6.52. The van der Waals surface area contributed by atoms with Gasteiger partial charge in [-0.3, -0.25) is 0 Å². The number of aromatic nitrogens is 1. The van der Waals surface area contributed by atoms with Crippen LogP contribution in [-0.4, -0.2) is 40.2 Å². The zero-order valence-electron chi connectivity index (χ0n) is 14.2. The third-order valence-electron chi connectivity index (χ3n) is 2.82. The highest BCUT2D eigenvalue weighted by Crippen LogP contribution is 2.18. The number of hydrogen-bond acceptors (Lipinski definition) is 4. The van der Waals surface area contributed by atoms with E-state index in [9.17, 15) is 4.79 Å². The molecule has 0 aliphatic heterocycles. The summed E-state index contributed by atoms with van der Waals surface area (Å²) < 4.78 is 5.47. The van der Waals surface area contributed by atoms with Crippen LogP contribution in [0.1, 0.15) is 41.5 Å². The Kier molecular flexibility index (Phi) is 6.06. The Morgan fingerprint density at radius 2 is 1.91 bits per heavy atom. The van der Waals surface area contributed by atoms with Crippen LogP contribution >= 0.6 is 11.6 Å². The molecular formula is C16H26ClN3O2. The van der Waals surface area contributed by atoms with Crippen LogP contribution in [0.15, 0.2) is 18.3 Å². The highest BCUT2D eigenvalue weighted by atomic mass is 35.5. The van der Waals surface area contributed by atoms with E-state index in [1.54, 1.807) is 17.2 Å². The zero-order chi connectivity index (χ0) is 17.0. The van der Waals surface area contributed by atoms with Crippen LogP contribution < -0.4 is 5.32 Å². The van der Waals surface area contributed by atoms with Crippen molar-refractivity contribution in [2.75, 3.05) is 18.4 Å². The maximum Gasteiger partial charge on any atom is 0.410 e. The normalized spacial score (nSPS) is 12.0. The van der Waals surface area contributed by atoms with Crippen LogP contribution in [0.3, 0.4) is 0 Å². The van der Waals surface area contributed by atoms with E-state index in [2.05, 4.69) is 10.3 Å². The minimum Gasteiger partial charge on any atom is -0.444 e. The van der Waals surface area contributed by atoms with Crippen molar-refractivity contribution in [3.05, 3.63) is 23.5 Å². The summed E-state index contributed by atoms with van der Waals surface area (Å²) in [6.45, 7) is 12.7. The molecule has 0 atom stereocenters. The van der Waals surface area contributed by atoms with Gasteiger partial charge in [0.2, 0.25) is 0 Å². The van der Waals surface area contributed by atoms with Crippen molar-refractivity contribution in [1.82, 2.24) is 9.88 Å². The van der Waals surface area contributed by atoms with Crippen LogP contribution in [0.5, 0.6) is 0 Å². The summed E-state index contributed by atoms with van der Waals surface area (Å²) in [7, 11) is 0. The van der Waals surface area contributed by atoms with Crippen molar-refractivity contribution in [1.29, 1.82) is 0 Å². The fourth-order valence-electron chi connectivity index (χ4n) is 1.81. The molecule has 0 aromatic carbocycles. The highest BCUT2D eigenvalue weighted by molar-refractivity contribution is 6.29. The Morgan fingerprint density at radius 1 is 1.27 bits per heavy atom. The van der Waals surface area contributed by atoms with Crippen LogP contribution in [0.2, 0.25) is 5.15 Å². The molecule has 1 heterocycles. The number of carbonyl (C=O) groups excluding carboxylic acids is 1. The first-order chi connectivity index (χ1) is 9.99. The van der Waals surface area contributed by atoms with E-state index in [1.165, 1.54) is 0 Å². The standard InChI is InChI=1S/C16H26ClN3O2/c1-15(2,3)20(14(21)22-16(4,5)6)10-9-18-12-7-8-13(17)19-11-12/h7-8,11,18H,9-10H2,1-6H3. The largest absolute Gasteiger partial charge is 0.444 e. The summed E-state index contributed by atoms with van der Waals surface area (Å²) in [5, 5.41) is 3.68. The number of rotatable bonds is 4. The van der Waals surface area contributed by atoms with Crippen molar-refractivity contribution in [2.24, 2.45) is 0 Å². The number of ether oxygens (including phenoxy) is 1. The monoisotopic (exact) mass is 327 g/mol. The minimum absolute atomic E-state index is 0.309. The minimum atomic E-state index is -0.506. The van der Waals surface area contributed by atoms with Crippen LogP contribution in [0, 0.1) is 0 Å². The van der Waals surface area contributed by atoms with E-state index in [0.717, 1.165) is 5.69 Å². The number of nitrogens with one attached hydrogen (secondary N) is 1. The number of nitrogens with zero attached hydrogens (tertiary/aromatic N) is 2. The van der Waals surface area contributed by atoms with Gasteiger partial charge < -0.3 is 15.0 Å². The molecule has 5 nitrogen and oxygen atoms in total. The zero-order valence-corrected chi connectivity index (χ0v) is 15.0. The molecular weight excluding hydrogens is 302 g/mol. The van der Waals surface area contributed by atoms with E-state index < -0.39 is 5.60 Å². The summed E-state index contributed by atoms with van der Waals surface area (Å²) in [6.07, 6.45) is 1.35. The first-order valence-corrected chi connectivity index (χ1v) is 7.73. The molecule has 0 saturated carbocycles. The fourth-order valence-corrected chi connectivity index (χ4v) is 1.92. The molecule has 1 N–H and O–H groups in total. The molecule has 22 heavy (non-hydrogen) atoms. The second-order valence-corrected chi connectivity index (χ2v) is 7.49. The quantitative estimate of drug-likeness (QED) is 0.843. The number of carbonyl (C=O) groups is 1. The number of anilines is 1. The highest BCUT2D eigenvalue weighted by Gasteiger charge is 2.30. The summed E-state index contributed by atoms with van der Waals surface area (Å²) >= 11 is 5.75. The molecule has 0 fully saturated rings. The predicted molar refractivity (Wildman–Crippen MR) is 90.4 cm³/mol. The van der Waals surface area contributed by atoms with Gasteiger partial charge >= 0.3 is 6.09 Å². The van der Waals surface area contributed by atoms with Gasteiger partial charge in [0.1, 0.15) is 10.8 Å².